The van der Waals surface area contributed by atoms with Gasteiger partial charge in [-0.15, -0.1) is 0 Å². The molecule has 0 aliphatic carbocycles. The van der Waals surface area contributed by atoms with E-state index in [1.54, 1.807) is 0 Å². The predicted molar refractivity (Wildman–Crippen MR) is 58.0 cm³/mol. The number of rotatable bonds is 2. The van der Waals surface area contributed by atoms with Gasteiger partial charge >= 0.3 is 0 Å². The zero-order valence-electron chi connectivity index (χ0n) is 8.38. The molecule has 0 radical (unpaired) electrons. The van der Waals surface area contributed by atoms with E-state index in [0.29, 0.717) is 5.02 Å². The number of hydrogen-bond acceptors (Lipinski definition) is 2. The first-order valence-electron chi connectivity index (χ1n) is 4.92. The maximum Gasteiger partial charge on any atom is 0.143 e. The van der Waals surface area contributed by atoms with Crippen molar-refractivity contribution >= 4 is 11.6 Å². The molecule has 0 fully saturated rings. The van der Waals surface area contributed by atoms with E-state index in [1.165, 1.54) is 5.56 Å². The van der Waals surface area contributed by atoms with Crippen molar-refractivity contribution in [2.75, 3.05) is 6.54 Å². The minimum atomic E-state index is 0.157. The van der Waals surface area contributed by atoms with E-state index in [1.807, 2.05) is 12.1 Å². The summed E-state index contributed by atoms with van der Waals surface area (Å²) < 4.78 is 5.71. The fraction of sp³-hybridized carbons (Fsp3) is 0.455. The van der Waals surface area contributed by atoms with Gasteiger partial charge in [-0.3, -0.25) is 0 Å². The van der Waals surface area contributed by atoms with Gasteiger partial charge < -0.3 is 10.1 Å². The van der Waals surface area contributed by atoms with E-state index in [-0.39, 0.29) is 12.1 Å². The van der Waals surface area contributed by atoms with Crippen LogP contribution in [-0.2, 0) is 0 Å². The molecule has 0 spiro atoms. The first-order valence-corrected chi connectivity index (χ1v) is 5.30. The zero-order chi connectivity index (χ0) is 10.1. The Labute approximate surface area is 89.2 Å². The normalized spacial score (nSPS) is 24.5. The van der Waals surface area contributed by atoms with E-state index in [4.69, 9.17) is 16.3 Å². The maximum absolute atomic E-state index is 6.05. The molecule has 1 aliphatic rings. The summed E-state index contributed by atoms with van der Waals surface area (Å²) in [6.45, 7) is 5.09. The minimum absolute atomic E-state index is 0.157. The summed E-state index contributed by atoms with van der Waals surface area (Å²) in [4.78, 5) is 0. The van der Waals surface area contributed by atoms with Gasteiger partial charge in [-0.05, 0) is 19.5 Å². The molecule has 14 heavy (non-hydrogen) atoms. The Bertz CT molecular complexity index is 340. The topological polar surface area (TPSA) is 21.3 Å². The molecule has 1 aromatic carbocycles. The number of hydrogen-bond donors (Lipinski definition) is 1. The molecular formula is C11H14ClNO. The summed E-state index contributed by atoms with van der Waals surface area (Å²) in [5.74, 6) is 0.840. The van der Waals surface area contributed by atoms with Crippen LogP contribution in [-0.4, -0.2) is 12.6 Å². The third-order valence-electron chi connectivity index (χ3n) is 2.53. The van der Waals surface area contributed by atoms with Crippen LogP contribution < -0.4 is 10.1 Å². The van der Waals surface area contributed by atoms with Gasteiger partial charge in [0.25, 0.3) is 0 Å². The quantitative estimate of drug-likeness (QED) is 0.813. The molecule has 1 heterocycles. The Morgan fingerprint density at radius 1 is 1.50 bits per heavy atom. The molecule has 1 N–H and O–H groups in total. The summed E-state index contributed by atoms with van der Waals surface area (Å²) >= 11 is 6.05. The van der Waals surface area contributed by atoms with Gasteiger partial charge in [0.15, 0.2) is 0 Å². The lowest BCUT2D eigenvalue weighted by Crippen LogP contribution is -2.28. The molecule has 76 valence electrons. The van der Waals surface area contributed by atoms with Crippen molar-refractivity contribution in [1.82, 2.24) is 5.32 Å². The molecule has 1 aromatic rings. The maximum atomic E-state index is 6.05. The van der Waals surface area contributed by atoms with Crippen LogP contribution in [0.4, 0.5) is 0 Å². The highest BCUT2D eigenvalue weighted by atomic mass is 35.5. The molecule has 1 aliphatic heterocycles. The van der Waals surface area contributed by atoms with Crippen molar-refractivity contribution in [3.63, 3.8) is 0 Å². The first-order chi connectivity index (χ1) is 6.74. The van der Waals surface area contributed by atoms with Gasteiger partial charge in [-0.2, -0.15) is 0 Å². The Hall–Kier alpha value is -0.730. The number of nitrogens with one attached hydrogen (secondary N) is 1. The number of ether oxygens (including phenoxy) is 1. The number of likely N-dealkylation sites (N-methyl/N-ethyl adjacent to an activating group) is 1. The van der Waals surface area contributed by atoms with Crippen molar-refractivity contribution < 1.29 is 4.74 Å². The van der Waals surface area contributed by atoms with Gasteiger partial charge in [-0.1, -0.05) is 30.7 Å². The average molecular weight is 212 g/mol. The average Bonchev–Trinajstić information content (AvgIpc) is 2.47. The Kier molecular flexibility index (Phi) is 2.66. The smallest absolute Gasteiger partial charge is 0.143 e. The van der Waals surface area contributed by atoms with E-state index in [9.17, 15) is 0 Å². The largest absolute Gasteiger partial charge is 0.487 e. The lowest BCUT2D eigenvalue weighted by molar-refractivity contribution is 0.211. The zero-order valence-corrected chi connectivity index (χ0v) is 9.14. The van der Waals surface area contributed by atoms with Gasteiger partial charge in [0.05, 0.1) is 11.1 Å². The molecule has 0 saturated carbocycles. The van der Waals surface area contributed by atoms with Crippen LogP contribution in [0.1, 0.15) is 25.5 Å². The van der Waals surface area contributed by atoms with Crippen LogP contribution in [0.25, 0.3) is 0 Å². The SMILES string of the molecule is CCNC1c2cccc(Cl)c2OC1C. The number of para-hydroxylation sites is 1. The first kappa shape index (κ1) is 9.81. The van der Waals surface area contributed by atoms with Crippen molar-refractivity contribution in [2.45, 2.75) is 26.0 Å². The monoisotopic (exact) mass is 211 g/mol. The molecule has 2 rings (SSSR count). The number of benzene rings is 1. The molecule has 0 aromatic heterocycles. The van der Waals surface area contributed by atoms with Crippen molar-refractivity contribution in [2.24, 2.45) is 0 Å². The van der Waals surface area contributed by atoms with Gasteiger partial charge in [0.1, 0.15) is 11.9 Å². The molecule has 2 atom stereocenters. The van der Waals surface area contributed by atoms with Gasteiger partial charge in [0.2, 0.25) is 0 Å². The van der Waals surface area contributed by atoms with Crippen molar-refractivity contribution in [1.29, 1.82) is 0 Å². The van der Waals surface area contributed by atoms with Gasteiger partial charge in [0, 0.05) is 5.56 Å². The molecular weight excluding hydrogens is 198 g/mol. The molecule has 0 amide bonds. The van der Waals surface area contributed by atoms with Crippen molar-refractivity contribution in [3.8, 4) is 5.75 Å². The summed E-state index contributed by atoms with van der Waals surface area (Å²) in [7, 11) is 0. The third kappa shape index (κ3) is 1.49. The van der Waals surface area contributed by atoms with Crippen LogP contribution in [0.3, 0.4) is 0 Å². The third-order valence-corrected chi connectivity index (χ3v) is 2.83. The summed E-state index contributed by atoms with van der Waals surface area (Å²) in [6, 6.07) is 6.17. The Morgan fingerprint density at radius 2 is 2.29 bits per heavy atom. The van der Waals surface area contributed by atoms with Crippen LogP contribution in [0.2, 0.25) is 5.02 Å². The summed E-state index contributed by atoms with van der Waals surface area (Å²) in [6.07, 6.45) is 0.157. The second-order valence-corrected chi connectivity index (χ2v) is 3.92. The molecule has 3 heteroatoms. The van der Waals surface area contributed by atoms with Crippen LogP contribution >= 0.6 is 11.6 Å². The molecule has 0 bridgehead atoms. The molecule has 2 unspecified atom stereocenters. The summed E-state index contributed by atoms with van der Waals surface area (Å²) in [5, 5.41) is 4.10. The second kappa shape index (κ2) is 3.79. The van der Waals surface area contributed by atoms with E-state index in [2.05, 4.69) is 25.2 Å². The van der Waals surface area contributed by atoms with Gasteiger partial charge in [-0.25, -0.2) is 0 Å². The standard InChI is InChI=1S/C11H14ClNO/c1-3-13-10-7(2)14-11-8(10)5-4-6-9(11)12/h4-7,10,13H,3H2,1-2H3. The highest BCUT2D eigenvalue weighted by molar-refractivity contribution is 6.32. The van der Waals surface area contributed by atoms with Crippen LogP contribution in [0.15, 0.2) is 18.2 Å². The highest BCUT2D eigenvalue weighted by Gasteiger charge is 2.31. The van der Waals surface area contributed by atoms with Crippen LogP contribution in [0.5, 0.6) is 5.75 Å². The molecule has 0 saturated heterocycles. The number of fused-ring (bicyclic) bond motifs is 1. The minimum Gasteiger partial charge on any atom is -0.487 e. The lowest BCUT2D eigenvalue weighted by Gasteiger charge is -2.14. The van der Waals surface area contributed by atoms with E-state index >= 15 is 0 Å². The fourth-order valence-electron chi connectivity index (χ4n) is 1.90. The van der Waals surface area contributed by atoms with Crippen molar-refractivity contribution in [3.05, 3.63) is 28.8 Å². The predicted octanol–water partition coefficient (Wildman–Crippen LogP) is 2.77. The Balaban J connectivity index is 2.37. The highest BCUT2D eigenvalue weighted by Crippen LogP contribution is 2.41. The second-order valence-electron chi connectivity index (χ2n) is 3.52. The number of halogens is 1. The van der Waals surface area contributed by atoms with Crippen LogP contribution in [0, 0.1) is 0 Å². The van der Waals surface area contributed by atoms with E-state index < -0.39 is 0 Å². The van der Waals surface area contributed by atoms with E-state index in [0.717, 1.165) is 12.3 Å². The summed E-state index contributed by atoms with van der Waals surface area (Å²) in [5.41, 5.74) is 1.17. The lowest BCUT2D eigenvalue weighted by atomic mass is 10.0. The molecule has 2 nitrogen and oxygen atoms in total. The Morgan fingerprint density at radius 3 is 3.00 bits per heavy atom. The fourth-order valence-corrected chi connectivity index (χ4v) is 2.12.